The van der Waals surface area contributed by atoms with Gasteiger partial charge in [0.25, 0.3) is 0 Å². The van der Waals surface area contributed by atoms with Gasteiger partial charge in [-0.25, -0.2) is 0 Å². The maximum atomic E-state index is 10.5. The highest BCUT2D eigenvalue weighted by Gasteiger charge is 2.13. The summed E-state index contributed by atoms with van der Waals surface area (Å²) in [6, 6.07) is 0. The molecule has 0 saturated heterocycles. The first-order chi connectivity index (χ1) is 5.07. The zero-order chi connectivity index (χ0) is 8.85. The van der Waals surface area contributed by atoms with E-state index in [1.165, 1.54) is 0 Å². The molecule has 0 bridgehead atoms. The summed E-state index contributed by atoms with van der Waals surface area (Å²) in [5.74, 6) is -1.07. The largest absolute Gasteiger partial charge is 0.481 e. The van der Waals surface area contributed by atoms with Gasteiger partial charge in [-0.05, 0) is 12.8 Å². The minimum atomic E-state index is -0.758. The number of aliphatic carboxylic acids is 1. The topological polar surface area (TPSA) is 37.3 Å². The number of carboxylic acid groups (broad SMARTS) is 1. The second kappa shape index (κ2) is 5.27. The van der Waals surface area contributed by atoms with Crippen molar-refractivity contribution < 1.29 is 11.3 Å². The number of hydrogen-bond acceptors (Lipinski definition) is 1. The Hall–Kier alpha value is -0.530. The predicted molar refractivity (Wildman–Crippen MR) is 40.9 cm³/mol. The van der Waals surface area contributed by atoms with Crippen LogP contribution in [0.2, 0.25) is 0 Å². The van der Waals surface area contributed by atoms with Crippen molar-refractivity contribution in [3.63, 3.8) is 0 Å². The van der Waals surface area contributed by atoms with Crippen LogP contribution in [0.4, 0.5) is 0 Å². The smallest absolute Gasteiger partial charge is 0.306 e. The average molecular weight is 145 g/mol. The molecule has 2 nitrogen and oxygen atoms in total. The summed E-state index contributed by atoms with van der Waals surface area (Å²) in [6.07, 6.45) is 1.79. The van der Waals surface area contributed by atoms with Gasteiger partial charge in [0.15, 0.2) is 0 Å². The van der Waals surface area contributed by atoms with E-state index >= 15 is 0 Å². The summed E-state index contributed by atoms with van der Waals surface area (Å²) in [6.45, 7) is 3.69. The molecule has 0 aliphatic carbocycles. The van der Waals surface area contributed by atoms with E-state index in [-0.39, 0.29) is 12.3 Å². The van der Waals surface area contributed by atoms with Crippen LogP contribution in [0.5, 0.6) is 0 Å². The molecule has 1 N–H and O–H groups in total. The van der Waals surface area contributed by atoms with Gasteiger partial charge in [0.2, 0.25) is 0 Å². The van der Waals surface area contributed by atoms with Crippen LogP contribution >= 0.6 is 0 Å². The Bertz CT molecular complexity index is 123. The maximum Gasteiger partial charge on any atom is 0.306 e. The van der Waals surface area contributed by atoms with Crippen molar-refractivity contribution in [1.29, 1.82) is 0 Å². The molecule has 2 heteroatoms. The summed E-state index contributed by atoms with van der Waals surface area (Å²) in [4.78, 5) is 10.5. The van der Waals surface area contributed by atoms with Crippen LogP contribution < -0.4 is 0 Å². The molecule has 0 aliphatic rings. The van der Waals surface area contributed by atoms with E-state index in [2.05, 4.69) is 0 Å². The van der Waals surface area contributed by atoms with E-state index in [9.17, 15) is 4.79 Å². The summed E-state index contributed by atoms with van der Waals surface area (Å²) >= 11 is 0. The van der Waals surface area contributed by atoms with Gasteiger partial charge in [0.05, 0.1) is 5.92 Å². The standard InChI is InChI=1S/C8H16O2/c1-3-5-7(6-4-2)8(9)10/h7H,3-6H2,1-2H3,(H,9,10)/i3D. The van der Waals surface area contributed by atoms with Crippen LogP contribution in [0, 0.1) is 5.92 Å². The lowest BCUT2D eigenvalue weighted by Gasteiger charge is -2.07. The summed E-state index contributed by atoms with van der Waals surface area (Å²) in [7, 11) is 0. The lowest BCUT2D eigenvalue weighted by Crippen LogP contribution is -2.12. The van der Waals surface area contributed by atoms with Crippen molar-refractivity contribution in [3.8, 4) is 0 Å². The molecule has 60 valence electrons. The minimum absolute atomic E-state index is 0.261. The molecule has 10 heavy (non-hydrogen) atoms. The SMILES string of the molecule is [2H]C(C)CC(CCC)C(=O)O. The highest BCUT2D eigenvalue weighted by molar-refractivity contribution is 5.69. The molecule has 0 rings (SSSR count). The molecule has 0 fully saturated rings. The van der Waals surface area contributed by atoms with Gasteiger partial charge in [-0.1, -0.05) is 26.7 Å². The third-order valence-electron chi connectivity index (χ3n) is 1.51. The van der Waals surface area contributed by atoms with Gasteiger partial charge in [-0.15, -0.1) is 0 Å². The van der Waals surface area contributed by atoms with E-state index in [4.69, 9.17) is 6.48 Å². The predicted octanol–water partition coefficient (Wildman–Crippen LogP) is 2.29. The van der Waals surface area contributed by atoms with E-state index in [1.807, 2.05) is 6.92 Å². The molecule has 0 amide bonds. The highest BCUT2D eigenvalue weighted by atomic mass is 16.4. The normalized spacial score (nSPS) is 17.6. The Balaban J connectivity index is 3.79. The van der Waals surface area contributed by atoms with E-state index in [0.717, 1.165) is 6.42 Å². The van der Waals surface area contributed by atoms with Crippen LogP contribution in [0.1, 0.15) is 40.9 Å². The molecular weight excluding hydrogens is 128 g/mol. The summed E-state index contributed by atoms with van der Waals surface area (Å²) in [5, 5.41) is 8.67. The first kappa shape index (κ1) is 7.58. The number of hydrogen-bond donors (Lipinski definition) is 1. The fourth-order valence-electron chi connectivity index (χ4n) is 0.975. The highest BCUT2D eigenvalue weighted by Crippen LogP contribution is 2.12. The third kappa shape index (κ3) is 3.49. The van der Waals surface area contributed by atoms with Gasteiger partial charge in [-0.3, -0.25) is 4.79 Å². The second-order valence-electron chi connectivity index (χ2n) is 2.47. The Morgan fingerprint density at radius 3 is 2.50 bits per heavy atom. The van der Waals surface area contributed by atoms with Gasteiger partial charge in [0, 0.05) is 1.37 Å². The molecule has 0 aromatic carbocycles. The van der Waals surface area contributed by atoms with Crippen molar-refractivity contribution in [2.24, 2.45) is 5.92 Å². The number of carbonyl (C=O) groups is 1. The molecule has 2 atom stereocenters. The average Bonchev–Trinajstić information content (AvgIpc) is 1.86. The maximum absolute atomic E-state index is 10.5. The van der Waals surface area contributed by atoms with Crippen LogP contribution in [-0.2, 0) is 4.79 Å². The fraction of sp³-hybridized carbons (Fsp3) is 0.875. The van der Waals surface area contributed by atoms with Crippen molar-refractivity contribution in [2.45, 2.75) is 39.5 Å². The molecular formula is C8H16O2. The minimum Gasteiger partial charge on any atom is -0.481 e. The Labute approximate surface area is 63.7 Å². The van der Waals surface area contributed by atoms with Gasteiger partial charge < -0.3 is 5.11 Å². The quantitative estimate of drug-likeness (QED) is 0.644. The van der Waals surface area contributed by atoms with Crippen molar-refractivity contribution in [1.82, 2.24) is 0 Å². The van der Waals surface area contributed by atoms with Crippen molar-refractivity contribution >= 4 is 5.97 Å². The fourth-order valence-corrected chi connectivity index (χ4v) is 0.975. The van der Waals surface area contributed by atoms with E-state index < -0.39 is 5.97 Å². The zero-order valence-corrected chi connectivity index (χ0v) is 6.63. The van der Waals surface area contributed by atoms with E-state index in [1.54, 1.807) is 6.92 Å². The van der Waals surface area contributed by atoms with Crippen LogP contribution in [0.15, 0.2) is 0 Å². The van der Waals surface area contributed by atoms with Crippen LogP contribution in [0.3, 0.4) is 0 Å². The molecule has 0 spiro atoms. The Kier molecular flexibility index (Phi) is 3.99. The Morgan fingerprint density at radius 1 is 1.60 bits per heavy atom. The van der Waals surface area contributed by atoms with Gasteiger partial charge in [0.1, 0.15) is 0 Å². The van der Waals surface area contributed by atoms with Gasteiger partial charge >= 0.3 is 5.97 Å². The van der Waals surface area contributed by atoms with Crippen molar-refractivity contribution in [3.05, 3.63) is 0 Å². The first-order valence-corrected chi connectivity index (χ1v) is 3.73. The third-order valence-corrected chi connectivity index (χ3v) is 1.51. The molecule has 0 aromatic rings. The van der Waals surface area contributed by atoms with E-state index in [0.29, 0.717) is 12.8 Å². The number of carboxylic acids is 1. The van der Waals surface area contributed by atoms with Gasteiger partial charge in [-0.2, -0.15) is 0 Å². The first-order valence-electron chi connectivity index (χ1n) is 4.30. The Morgan fingerprint density at radius 2 is 2.20 bits per heavy atom. The zero-order valence-electron chi connectivity index (χ0n) is 7.63. The molecule has 0 radical (unpaired) electrons. The lowest BCUT2D eigenvalue weighted by molar-refractivity contribution is -0.142. The molecule has 0 aliphatic heterocycles. The van der Waals surface area contributed by atoms with Crippen LogP contribution in [0.25, 0.3) is 0 Å². The molecule has 0 aromatic heterocycles. The summed E-state index contributed by atoms with van der Waals surface area (Å²) < 4.78 is 7.22. The molecule has 0 heterocycles. The number of rotatable bonds is 5. The lowest BCUT2D eigenvalue weighted by atomic mass is 9.99. The van der Waals surface area contributed by atoms with Crippen molar-refractivity contribution in [2.75, 3.05) is 0 Å². The molecule has 2 unspecified atom stereocenters. The molecule has 0 saturated carbocycles. The summed E-state index contributed by atoms with van der Waals surface area (Å²) in [5.41, 5.74) is 0. The second-order valence-corrected chi connectivity index (χ2v) is 2.47. The monoisotopic (exact) mass is 145 g/mol. The van der Waals surface area contributed by atoms with Crippen LogP contribution in [-0.4, -0.2) is 11.1 Å².